The number of hydrogen-bond donors (Lipinski definition) is 0. The molecule has 0 saturated carbocycles. The molecule has 0 saturated heterocycles. The van der Waals surface area contributed by atoms with Crippen LogP contribution < -0.4 is 4.74 Å². The standard InChI is InChI=1S/C16H15FO2S/c1-11-3-6-13(7-4-11)20-10-15(18)14-9-12(17)5-8-16(14)19-2/h3-9H,10H2,1-2H3. The summed E-state index contributed by atoms with van der Waals surface area (Å²) in [6.45, 7) is 2.01. The van der Waals surface area contributed by atoms with Crippen LogP contribution in [0.4, 0.5) is 4.39 Å². The Bertz CT molecular complexity index is 608. The van der Waals surface area contributed by atoms with Crippen molar-refractivity contribution >= 4 is 17.5 Å². The van der Waals surface area contributed by atoms with Crippen LogP contribution in [0.5, 0.6) is 5.75 Å². The molecule has 0 aromatic heterocycles. The first-order chi connectivity index (χ1) is 9.60. The van der Waals surface area contributed by atoms with E-state index >= 15 is 0 Å². The maximum absolute atomic E-state index is 13.2. The fraction of sp³-hybridized carbons (Fsp3) is 0.188. The molecule has 0 unspecified atom stereocenters. The maximum Gasteiger partial charge on any atom is 0.176 e. The minimum Gasteiger partial charge on any atom is -0.496 e. The van der Waals surface area contributed by atoms with Crippen molar-refractivity contribution in [3.63, 3.8) is 0 Å². The summed E-state index contributed by atoms with van der Waals surface area (Å²) in [5, 5.41) is 0. The molecule has 4 heteroatoms. The van der Waals surface area contributed by atoms with Gasteiger partial charge in [0.05, 0.1) is 18.4 Å². The number of aryl methyl sites for hydroxylation is 1. The number of thioether (sulfide) groups is 1. The molecule has 0 N–H and O–H groups in total. The molecule has 2 aromatic rings. The van der Waals surface area contributed by atoms with Crippen LogP contribution in [0.25, 0.3) is 0 Å². The van der Waals surface area contributed by atoms with Gasteiger partial charge in [-0.15, -0.1) is 11.8 Å². The summed E-state index contributed by atoms with van der Waals surface area (Å²) in [5.74, 6) is 0.0744. The molecule has 0 aliphatic rings. The van der Waals surface area contributed by atoms with E-state index in [9.17, 15) is 9.18 Å². The van der Waals surface area contributed by atoms with Gasteiger partial charge in [-0.2, -0.15) is 0 Å². The number of ether oxygens (including phenoxy) is 1. The highest BCUT2D eigenvalue weighted by Gasteiger charge is 2.13. The van der Waals surface area contributed by atoms with Gasteiger partial charge in [-0.3, -0.25) is 4.79 Å². The van der Waals surface area contributed by atoms with Gasteiger partial charge in [-0.1, -0.05) is 17.7 Å². The van der Waals surface area contributed by atoms with Crippen LogP contribution in [0.3, 0.4) is 0 Å². The first kappa shape index (κ1) is 14.6. The molecule has 0 radical (unpaired) electrons. The number of benzene rings is 2. The topological polar surface area (TPSA) is 26.3 Å². The van der Waals surface area contributed by atoms with E-state index in [0.29, 0.717) is 5.75 Å². The fourth-order valence-electron chi connectivity index (χ4n) is 1.76. The summed E-state index contributed by atoms with van der Waals surface area (Å²) in [6.07, 6.45) is 0. The van der Waals surface area contributed by atoms with Crippen molar-refractivity contribution in [2.45, 2.75) is 11.8 Å². The zero-order valence-corrected chi connectivity index (χ0v) is 12.2. The number of methoxy groups -OCH3 is 1. The lowest BCUT2D eigenvalue weighted by Crippen LogP contribution is -2.05. The van der Waals surface area contributed by atoms with Crippen LogP contribution in [0.1, 0.15) is 15.9 Å². The first-order valence-electron chi connectivity index (χ1n) is 6.16. The van der Waals surface area contributed by atoms with E-state index < -0.39 is 5.82 Å². The van der Waals surface area contributed by atoms with Gasteiger partial charge in [0.2, 0.25) is 0 Å². The van der Waals surface area contributed by atoms with Gasteiger partial charge in [-0.25, -0.2) is 4.39 Å². The monoisotopic (exact) mass is 290 g/mol. The van der Waals surface area contributed by atoms with E-state index in [4.69, 9.17) is 4.74 Å². The molecule has 0 amide bonds. The molecule has 0 aliphatic heterocycles. The Labute approximate surface area is 122 Å². The van der Waals surface area contributed by atoms with Gasteiger partial charge in [0.1, 0.15) is 11.6 Å². The Hall–Kier alpha value is -1.81. The average molecular weight is 290 g/mol. The zero-order valence-electron chi connectivity index (χ0n) is 11.4. The lowest BCUT2D eigenvalue weighted by Gasteiger charge is -2.07. The van der Waals surface area contributed by atoms with Gasteiger partial charge in [0.15, 0.2) is 5.78 Å². The Morgan fingerprint density at radius 3 is 2.55 bits per heavy atom. The highest BCUT2D eigenvalue weighted by molar-refractivity contribution is 8.00. The van der Waals surface area contributed by atoms with Crippen LogP contribution in [0.2, 0.25) is 0 Å². The minimum atomic E-state index is -0.436. The Morgan fingerprint density at radius 1 is 1.20 bits per heavy atom. The van der Waals surface area contributed by atoms with Crippen molar-refractivity contribution in [2.24, 2.45) is 0 Å². The van der Waals surface area contributed by atoms with Crippen molar-refractivity contribution in [3.8, 4) is 5.75 Å². The molecule has 104 valence electrons. The molecule has 2 nitrogen and oxygen atoms in total. The number of Topliss-reactive ketones (excluding diaryl/α,β-unsaturated/α-hetero) is 1. The smallest absolute Gasteiger partial charge is 0.176 e. The largest absolute Gasteiger partial charge is 0.496 e. The second kappa shape index (κ2) is 6.57. The quantitative estimate of drug-likeness (QED) is 0.612. The molecule has 0 bridgehead atoms. The van der Waals surface area contributed by atoms with Crippen molar-refractivity contribution in [1.82, 2.24) is 0 Å². The Balaban J connectivity index is 2.08. The second-order valence-corrected chi connectivity index (χ2v) is 5.42. The third-order valence-corrected chi connectivity index (χ3v) is 3.86. The van der Waals surface area contributed by atoms with Crippen LogP contribution in [0, 0.1) is 12.7 Å². The molecule has 0 fully saturated rings. The molecule has 0 aliphatic carbocycles. The SMILES string of the molecule is COc1ccc(F)cc1C(=O)CSc1ccc(C)cc1. The van der Waals surface area contributed by atoms with Gasteiger partial charge in [0.25, 0.3) is 0 Å². The average Bonchev–Trinajstić information content (AvgIpc) is 2.46. The molecular weight excluding hydrogens is 275 g/mol. The third-order valence-electron chi connectivity index (χ3n) is 2.85. The predicted molar refractivity (Wildman–Crippen MR) is 79.2 cm³/mol. The summed E-state index contributed by atoms with van der Waals surface area (Å²) >= 11 is 1.43. The van der Waals surface area contributed by atoms with E-state index in [0.717, 1.165) is 4.90 Å². The summed E-state index contributed by atoms with van der Waals surface area (Å²) in [7, 11) is 1.47. The summed E-state index contributed by atoms with van der Waals surface area (Å²) in [6, 6.07) is 11.9. The lowest BCUT2D eigenvalue weighted by atomic mass is 10.1. The maximum atomic E-state index is 13.2. The lowest BCUT2D eigenvalue weighted by molar-refractivity contribution is 0.101. The number of carbonyl (C=O) groups excluding carboxylic acids is 1. The van der Waals surface area contributed by atoms with Gasteiger partial charge in [0, 0.05) is 4.90 Å². The Morgan fingerprint density at radius 2 is 1.90 bits per heavy atom. The summed E-state index contributed by atoms with van der Waals surface area (Å²) in [5.41, 5.74) is 1.46. The number of halogens is 1. The molecule has 20 heavy (non-hydrogen) atoms. The normalized spacial score (nSPS) is 10.3. The summed E-state index contributed by atoms with van der Waals surface area (Å²) < 4.78 is 18.3. The molecule has 2 rings (SSSR count). The van der Waals surface area contributed by atoms with Crippen molar-refractivity contribution < 1.29 is 13.9 Å². The van der Waals surface area contributed by atoms with Gasteiger partial charge >= 0.3 is 0 Å². The molecule has 0 atom stereocenters. The molecular formula is C16H15FO2S. The minimum absolute atomic E-state index is 0.146. The molecule has 0 heterocycles. The van der Waals surface area contributed by atoms with E-state index in [1.165, 1.54) is 42.6 Å². The number of ketones is 1. The van der Waals surface area contributed by atoms with Crippen LogP contribution in [-0.2, 0) is 0 Å². The van der Waals surface area contributed by atoms with E-state index in [2.05, 4.69) is 0 Å². The van der Waals surface area contributed by atoms with E-state index in [1.807, 2.05) is 31.2 Å². The van der Waals surface area contributed by atoms with Crippen LogP contribution >= 0.6 is 11.8 Å². The Kier molecular flexibility index (Phi) is 4.79. The molecule has 2 aromatic carbocycles. The number of hydrogen-bond acceptors (Lipinski definition) is 3. The van der Waals surface area contributed by atoms with Gasteiger partial charge < -0.3 is 4.74 Å². The second-order valence-electron chi connectivity index (χ2n) is 4.37. The predicted octanol–water partition coefficient (Wildman–Crippen LogP) is 4.12. The van der Waals surface area contributed by atoms with Crippen molar-refractivity contribution in [1.29, 1.82) is 0 Å². The van der Waals surface area contributed by atoms with Crippen LogP contribution in [0.15, 0.2) is 47.4 Å². The van der Waals surface area contributed by atoms with Crippen molar-refractivity contribution in [2.75, 3.05) is 12.9 Å². The van der Waals surface area contributed by atoms with Crippen molar-refractivity contribution in [3.05, 3.63) is 59.4 Å². The van der Waals surface area contributed by atoms with E-state index in [1.54, 1.807) is 0 Å². The first-order valence-corrected chi connectivity index (χ1v) is 7.15. The molecule has 0 spiro atoms. The highest BCUT2D eigenvalue weighted by Crippen LogP contribution is 2.24. The van der Waals surface area contributed by atoms with Gasteiger partial charge in [-0.05, 0) is 37.3 Å². The summed E-state index contributed by atoms with van der Waals surface area (Å²) in [4.78, 5) is 13.2. The van der Waals surface area contributed by atoms with Crippen LogP contribution in [-0.4, -0.2) is 18.6 Å². The zero-order chi connectivity index (χ0) is 14.5. The van der Waals surface area contributed by atoms with E-state index in [-0.39, 0.29) is 17.1 Å². The third kappa shape index (κ3) is 3.61. The highest BCUT2D eigenvalue weighted by atomic mass is 32.2. The number of carbonyl (C=O) groups is 1. The number of rotatable bonds is 5. The fourth-order valence-corrected chi connectivity index (χ4v) is 2.54.